The molecule has 0 aliphatic carbocycles. The van der Waals surface area contributed by atoms with E-state index in [-0.39, 0.29) is 0 Å². The zero-order chi connectivity index (χ0) is 9.19. The highest BCUT2D eigenvalue weighted by Gasteiger charge is 2.38. The predicted molar refractivity (Wildman–Crippen MR) is 42.2 cm³/mol. The number of amides is 1. The average molecular weight is 174 g/mol. The molecule has 0 radical (unpaired) electrons. The maximum atomic E-state index is 10.7. The minimum atomic E-state index is -1.26. The van der Waals surface area contributed by atoms with Crippen LogP contribution in [0.3, 0.4) is 0 Å². The number of rotatable bonds is 2. The van der Waals surface area contributed by atoms with Crippen molar-refractivity contribution < 1.29 is 14.6 Å². The van der Waals surface area contributed by atoms with Gasteiger partial charge >= 0.3 is 0 Å². The number of aliphatic hydroxyl groups excluding tert-OH is 1. The van der Waals surface area contributed by atoms with E-state index in [4.69, 9.17) is 16.2 Å². The van der Waals surface area contributed by atoms with E-state index in [1.54, 1.807) is 0 Å². The van der Waals surface area contributed by atoms with Crippen LogP contribution in [0, 0.1) is 0 Å². The smallest absolute Gasteiger partial charge is 0.248 e. The van der Waals surface area contributed by atoms with Gasteiger partial charge in [0.15, 0.2) is 6.10 Å². The molecule has 0 aromatic rings. The molecular weight excluding hydrogens is 160 g/mol. The van der Waals surface area contributed by atoms with Crippen molar-refractivity contribution in [3.8, 4) is 0 Å². The molecule has 0 spiro atoms. The Labute approximate surface area is 70.7 Å². The van der Waals surface area contributed by atoms with Crippen LogP contribution in [0.2, 0.25) is 0 Å². The van der Waals surface area contributed by atoms with Crippen LogP contribution in [-0.2, 0) is 9.53 Å². The number of carbonyl (C=O) groups is 1. The summed E-state index contributed by atoms with van der Waals surface area (Å²) >= 11 is 0. The number of nitrogens with two attached hydrogens (primary N) is 2. The van der Waals surface area contributed by atoms with Crippen molar-refractivity contribution in [1.82, 2.24) is 0 Å². The predicted octanol–water partition coefficient (Wildman–Crippen LogP) is -1.66. The van der Waals surface area contributed by atoms with Gasteiger partial charge in [0.05, 0.1) is 5.54 Å². The summed E-state index contributed by atoms with van der Waals surface area (Å²) in [5.41, 5.74) is 9.83. The molecule has 1 aliphatic rings. The van der Waals surface area contributed by atoms with Crippen LogP contribution in [0.25, 0.3) is 0 Å². The summed E-state index contributed by atoms with van der Waals surface area (Å²) in [7, 11) is 0. The number of hydrogen-bond acceptors (Lipinski definition) is 4. The van der Waals surface area contributed by atoms with Crippen LogP contribution in [-0.4, -0.2) is 35.9 Å². The largest absolute Gasteiger partial charge is 0.381 e. The molecule has 1 fully saturated rings. The first-order valence-electron chi connectivity index (χ1n) is 3.90. The van der Waals surface area contributed by atoms with Crippen molar-refractivity contribution in [2.24, 2.45) is 11.5 Å². The highest BCUT2D eigenvalue weighted by molar-refractivity contribution is 5.80. The highest BCUT2D eigenvalue weighted by atomic mass is 16.5. The van der Waals surface area contributed by atoms with E-state index in [1.165, 1.54) is 0 Å². The van der Waals surface area contributed by atoms with Gasteiger partial charge in [-0.3, -0.25) is 4.79 Å². The van der Waals surface area contributed by atoms with Crippen molar-refractivity contribution in [2.45, 2.75) is 24.5 Å². The van der Waals surface area contributed by atoms with Gasteiger partial charge in [-0.2, -0.15) is 0 Å². The molecule has 1 rings (SSSR count). The molecule has 5 heteroatoms. The summed E-state index contributed by atoms with van der Waals surface area (Å²) < 4.78 is 5.05. The first kappa shape index (κ1) is 9.44. The molecule has 0 aromatic carbocycles. The minimum Gasteiger partial charge on any atom is -0.381 e. The lowest BCUT2D eigenvalue weighted by atomic mass is 9.85. The zero-order valence-electron chi connectivity index (χ0n) is 6.82. The van der Waals surface area contributed by atoms with Crippen LogP contribution >= 0.6 is 0 Å². The molecule has 1 unspecified atom stereocenters. The number of primary amides is 1. The van der Waals surface area contributed by atoms with Crippen molar-refractivity contribution in [3.63, 3.8) is 0 Å². The monoisotopic (exact) mass is 174 g/mol. The minimum absolute atomic E-state index is 0.469. The molecule has 12 heavy (non-hydrogen) atoms. The van der Waals surface area contributed by atoms with Gasteiger partial charge in [-0.15, -0.1) is 0 Å². The Balaban J connectivity index is 2.62. The number of ether oxygens (including phenoxy) is 1. The van der Waals surface area contributed by atoms with Gasteiger partial charge in [-0.1, -0.05) is 0 Å². The van der Waals surface area contributed by atoms with Crippen LogP contribution in [0.15, 0.2) is 0 Å². The lowest BCUT2D eigenvalue weighted by Gasteiger charge is -2.35. The molecule has 1 atom stereocenters. The second-order valence-electron chi connectivity index (χ2n) is 3.15. The third-order valence-corrected chi connectivity index (χ3v) is 2.24. The maximum Gasteiger partial charge on any atom is 0.248 e. The zero-order valence-corrected chi connectivity index (χ0v) is 6.82. The second kappa shape index (κ2) is 3.38. The van der Waals surface area contributed by atoms with Crippen molar-refractivity contribution >= 4 is 5.91 Å². The van der Waals surface area contributed by atoms with Crippen LogP contribution in [0.1, 0.15) is 12.8 Å². The van der Waals surface area contributed by atoms with Crippen LogP contribution in [0.5, 0.6) is 0 Å². The Morgan fingerprint density at radius 2 is 2.00 bits per heavy atom. The molecule has 70 valence electrons. The SMILES string of the molecule is NC(=O)C(O)C1(N)CCOCC1. The molecule has 0 aromatic heterocycles. The van der Waals surface area contributed by atoms with Crippen molar-refractivity contribution in [2.75, 3.05) is 13.2 Å². The van der Waals surface area contributed by atoms with Gasteiger partial charge in [0.2, 0.25) is 5.91 Å². The highest BCUT2D eigenvalue weighted by Crippen LogP contribution is 2.21. The van der Waals surface area contributed by atoms with Gasteiger partial charge < -0.3 is 21.3 Å². The lowest BCUT2D eigenvalue weighted by molar-refractivity contribution is -0.132. The Morgan fingerprint density at radius 3 is 2.42 bits per heavy atom. The van der Waals surface area contributed by atoms with Crippen molar-refractivity contribution in [3.05, 3.63) is 0 Å². The molecule has 1 saturated heterocycles. The van der Waals surface area contributed by atoms with E-state index in [0.717, 1.165) is 0 Å². The first-order valence-corrected chi connectivity index (χ1v) is 3.90. The van der Waals surface area contributed by atoms with Gasteiger partial charge in [0.1, 0.15) is 0 Å². The van der Waals surface area contributed by atoms with Gasteiger partial charge in [-0.25, -0.2) is 0 Å². The van der Waals surface area contributed by atoms with Gasteiger partial charge in [0.25, 0.3) is 0 Å². The molecule has 0 bridgehead atoms. The van der Waals surface area contributed by atoms with E-state index in [2.05, 4.69) is 0 Å². The van der Waals surface area contributed by atoms with Crippen molar-refractivity contribution in [1.29, 1.82) is 0 Å². The first-order chi connectivity index (χ1) is 5.56. The average Bonchev–Trinajstić information content (AvgIpc) is 2.04. The number of carbonyl (C=O) groups excluding carboxylic acids is 1. The summed E-state index contributed by atoms with van der Waals surface area (Å²) in [5, 5.41) is 9.36. The quantitative estimate of drug-likeness (QED) is 0.466. The molecule has 5 nitrogen and oxygen atoms in total. The summed E-state index contributed by atoms with van der Waals surface area (Å²) in [5.74, 6) is -0.764. The molecule has 5 N–H and O–H groups in total. The maximum absolute atomic E-state index is 10.7. The third-order valence-electron chi connectivity index (χ3n) is 2.24. The summed E-state index contributed by atoms with van der Waals surface area (Å²) in [6.45, 7) is 0.946. The molecule has 1 aliphatic heterocycles. The Hall–Kier alpha value is -0.650. The summed E-state index contributed by atoms with van der Waals surface area (Å²) in [6, 6.07) is 0. The summed E-state index contributed by atoms with van der Waals surface area (Å²) in [6.07, 6.45) is -0.324. The Bertz CT molecular complexity index is 177. The standard InChI is InChI=1S/C7H14N2O3/c8-6(11)5(10)7(9)1-3-12-4-2-7/h5,10H,1-4,9H2,(H2,8,11). The second-order valence-corrected chi connectivity index (χ2v) is 3.15. The van der Waals surface area contributed by atoms with Gasteiger partial charge in [0, 0.05) is 13.2 Å². The van der Waals surface area contributed by atoms with Crippen LogP contribution in [0.4, 0.5) is 0 Å². The molecule has 1 amide bonds. The van der Waals surface area contributed by atoms with E-state index in [0.29, 0.717) is 26.1 Å². The Morgan fingerprint density at radius 1 is 1.50 bits per heavy atom. The fourth-order valence-electron chi connectivity index (χ4n) is 1.31. The number of aliphatic hydroxyl groups is 1. The van der Waals surface area contributed by atoms with E-state index in [9.17, 15) is 9.90 Å². The topological polar surface area (TPSA) is 98.6 Å². The molecule has 1 heterocycles. The fourth-order valence-corrected chi connectivity index (χ4v) is 1.31. The lowest BCUT2D eigenvalue weighted by Crippen LogP contribution is -2.59. The number of hydrogen-bond donors (Lipinski definition) is 3. The summed E-state index contributed by atoms with van der Waals surface area (Å²) in [4.78, 5) is 10.7. The molecular formula is C7H14N2O3. The fraction of sp³-hybridized carbons (Fsp3) is 0.857. The van der Waals surface area contributed by atoms with E-state index >= 15 is 0 Å². The normalized spacial score (nSPS) is 24.8. The van der Waals surface area contributed by atoms with E-state index in [1.807, 2.05) is 0 Å². The molecule has 0 saturated carbocycles. The van der Waals surface area contributed by atoms with Crippen LogP contribution < -0.4 is 11.5 Å². The third kappa shape index (κ3) is 1.74. The van der Waals surface area contributed by atoms with Gasteiger partial charge in [-0.05, 0) is 12.8 Å². The Kier molecular flexibility index (Phi) is 2.66. The van der Waals surface area contributed by atoms with E-state index < -0.39 is 17.6 Å².